The molecular formula is C22H24FN3O3. The molecule has 0 spiro atoms. The minimum absolute atomic E-state index is 0.247. The number of urea groups is 1. The van der Waals surface area contributed by atoms with Crippen LogP contribution in [0.5, 0.6) is 0 Å². The molecule has 0 saturated heterocycles. The summed E-state index contributed by atoms with van der Waals surface area (Å²) in [7, 11) is 1.31. The number of methoxy groups -OCH3 is 1. The molecular weight excluding hydrogens is 373 g/mol. The van der Waals surface area contributed by atoms with Crippen LogP contribution in [0, 0.1) is 19.7 Å². The number of halogens is 1. The molecule has 0 bridgehead atoms. The molecule has 152 valence electrons. The molecule has 2 amide bonds. The van der Waals surface area contributed by atoms with Crippen LogP contribution in [0.1, 0.15) is 28.3 Å². The smallest absolute Gasteiger partial charge is 0.338 e. The van der Waals surface area contributed by atoms with Crippen molar-refractivity contribution >= 4 is 12.0 Å². The molecule has 0 radical (unpaired) electrons. The molecule has 1 heterocycles. The summed E-state index contributed by atoms with van der Waals surface area (Å²) in [4.78, 5) is 24.9. The number of amides is 2. The van der Waals surface area contributed by atoms with Crippen LogP contribution >= 0.6 is 0 Å². The average Bonchev–Trinajstić information content (AvgIpc) is 2.68. The Morgan fingerprint density at radius 2 is 1.86 bits per heavy atom. The number of carbonyl (C=O) groups excluding carboxylic acids is 2. The van der Waals surface area contributed by atoms with Crippen LogP contribution in [0.3, 0.4) is 0 Å². The zero-order valence-electron chi connectivity index (χ0n) is 16.6. The van der Waals surface area contributed by atoms with Crippen molar-refractivity contribution in [2.75, 3.05) is 13.7 Å². The number of benzene rings is 2. The van der Waals surface area contributed by atoms with Gasteiger partial charge in [-0.05, 0) is 42.7 Å². The number of esters is 1. The molecule has 2 aromatic carbocycles. The van der Waals surface area contributed by atoms with Crippen LogP contribution < -0.4 is 16.0 Å². The number of ether oxygens (including phenoxy) is 1. The van der Waals surface area contributed by atoms with E-state index in [1.807, 2.05) is 32.0 Å². The van der Waals surface area contributed by atoms with E-state index in [1.165, 1.54) is 19.2 Å². The van der Waals surface area contributed by atoms with E-state index >= 15 is 0 Å². The summed E-state index contributed by atoms with van der Waals surface area (Å²) in [5.74, 6) is -0.813. The van der Waals surface area contributed by atoms with Gasteiger partial charge in [0.2, 0.25) is 0 Å². The standard InChI is InChI=1S/C22H24FN3O3/c1-13-4-9-17(14(2)10-13)20-19(21(27)29-3)18(25-22(28)26-20)12-24-11-15-5-7-16(23)8-6-15/h4-10,20,24H,11-12H2,1-3H3,(H2,25,26,28). The van der Waals surface area contributed by atoms with Crippen molar-refractivity contribution in [2.45, 2.75) is 26.4 Å². The lowest BCUT2D eigenvalue weighted by molar-refractivity contribution is -0.136. The zero-order chi connectivity index (χ0) is 21.0. The fourth-order valence-corrected chi connectivity index (χ4v) is 3.43. The Bertz CT molecular complexity index is 954. The third kappa shape index (κ3) is 4.81. The van der Waals surface area contributed by atoms with E-state index in [2.05, 4.69) is 16.0 Å². The van der Waals surface area contributed by atoms with E-state index in [9.17, 15) is 14.0 Å². The summed E-state index contributed by atoms with van der Waals surface area (Å²) < 4.78 is 18.0. The second-order valence-electron chi connectivity index (χ2n) is 7.01. The van der Waals surface area contributed by atoms with Gasteiger partial charge in [0.15, 0.2) is 0 Å². The van der Waals surface area contributed by atoms with Gasteiger partial charge in [0, 0.05) is 18.8 Å². The molecule has 3 rings (SSSR count). The second kappa shape index (κ2) is 8.87. The molecule has 7 heteroatoms. The van der Waals surface area contributed by atoms with Gasteiger partial charge in [0.1, 0.15) is 5.82 Å². The first-order chi connectivity index (χ1) is 13.9. The fourth-order valence-electron chi connectivity index (χ4n) is 3.43. The van der Waals surface area contributed by atoms with E-state index in [4.69, 9.17) is 4.74 Å². The van der Waals surface area contributed by atoms with Crippen LogP contribution in [0.25, 0.3) is 0 Å². The van der Waals surface area contributed by atoms with Gasteiger partial charge in [-0.25, -0.2) is 14.0 Å². The lowest BCUT2D eigenvalue weighted by Gasteiger charge is -2.30. The molecule has 6 nitrogen and oxygen atoms in total. The summed E-state index contributed by atoms with van der Waals surface area (Å²) in [6.07, 6.45) is 0. The summed E-state index contributed by atoms with van der Waals surface area (Å²) in [6.45, 7) is 4.63. The maximum Gasteiger partial charge on any atom is 0.338 e. The lowest BCUT2D eigenvalue weighted by atomic mass is 9.91. The predicted molar refractivity (Wildman–Crippen MR) is 107 cm³/mol. The number of aryl methyl sites for hydroxylation is 2. The van der Waals surface area contributed by atoms with Gasteiger partial charge < -0.3 is 20.7 Å². The third-order valence-electron chi connectivity index (χ3n) is 4.84. The van der Waals surface area contributed by atoms with Crippen molar-refractivity contribution < 1.29 is 18.7 Å². The maximum absolute atomic E-state index is 13.0. The molecule has 0 saturated carbocycles. The van der Waals surface area contributed by atoms with Gasteiger partial charge in [-0.3, -0.25) is 0 Å². The lowest BCUT2D eigenvalue weighted by Crippen LogP contribution is -2.48. The van der Waals surface area contributed by atoms with E-state index in [1.54, 1.807) is 12.1 Å². The molecule has 1 aliphatic rings. The zero-order valence-corrected chi connectivity index (χ0v) is 16.6. The van der Waals surface area contributed by atoms with Crippen LogP contribution in [0.2, 0.25) is 0 Å². The molecule has 0 aromatic heterocycles. The maximum atomic E-state index is 13.0. The predicted octanol–water partition coefficient (Wildman–Crippen LogP) is 3.01. The van der Waals surface area contributed by atoms with Crippen LogP contribution in [0.4, 0.5) is 9.18 Å². The molecule has 2 aromatic rings. The Morgan fingerprint density at radius 3 is 2.52 bits per heavy atom. The van der Waals surface area contributed by atoms with Crippen molar-refractivity contribution in [1.29, 1.82) is 0 Å². The monoisotopic (exact) mass is 397 g/mol. The molecule has 1 aliphatic heterocycles. The van der Waals surface area contributed by atoms with Gasteiger partial charge in [-0.15, -0.1) is 0 Å². The molecule has 1 atom stereocenters. The van der Waals surface area contributed by atoms with E-state index in [0.29, 0.717) is 17.8 Å². The van der Waals surface area contributed by atoms with E-state index in [0.717, 1.165) is 22.3 Å². The first-order valence-electron chi connectivity index (χ1n) is 9.30. The quantitative estimate of drug-likeness (QED) is 0.655. The number of nitrogens with one attached hydrogen (secondary N) is 3. The molecule has 0 aliphatic carbocycles. The number of hydrogen-bond acceptors (Lipinski definition) is 4. The molecule has 29 heavy (non-hydrogen) atoms. The minimum Gasteiger partial charge on any atom is -0.466 e. The number of rotatable bonds is 6. The summed E-state index contributed by atoms with van der Waals surface area (Å²) in [5, 5.41) is 8.72. The first kappa shape index (κ1) is 20.5. The van der Waals surface area contributed by atoms with Crippen LogP contribution in [-0.2, 0) is 16.1 Å². The Morgan fingerprint density at radius 1 is 1.14 bits per heavy atom. The van der Waals surface area contributed by atoms with Crippen LogP contribution in [-0.4, -0.2) is 25.7 Å². The highest BCUT2D eigenvalue weighted by atomic mass is 19.1. The normalized spacial score (nSPS) is 16.3. The molecule has 0 fully saturated rings. The Labute approximate surface area is 169 Å². The van der Waals surface area contributed by atoms with Gasteiger partial charge in [-0.2, -0.15) is 0 Å². The first-order valence-corrected chi connectivity index (χ1v) is 9.30. The van der Waals surface area contributed by atoms with Gasteiger partial charge in [-0.1, -0.05) is 35.9 Å². The van der Waals surface area contributed by atoms with Gasteiger partial charge in [0.25, 0.3) is 0 Å². The van der Waals surface area contributed by atoms with Gasteiger partial charge >= 0.3 is 12.0 Å². The minimum atomic E-state index is -0.612. The third-order valence-corrected chi connectivity index (χ3v) is 4.84. The molecule has 1 unspecified atom stereocenters. The van der Waals surface area contributed by atoms with Crippen molar-refractivity contribution in [3.63, 3.8) is 0 Å². The molecule has 3 N–H and O–H groups in total. The largest absolute Gasteiger partial charge is 0.466 e. The number of carbonyl (C=O) groups is 2. The second-order valence-corrected chi connectivity index (χ2v) is 7.01. The Balaban J connectivity index is 1.89. The summed E-state index contributed by atoms with van der Waals surface area (Å²) in [5.41, 5.74) is 4.59. The van der Waals surface area contributed by atoms with Crippen molar-refractivity contribution in [3.8, 4) is 0 Å². The topological polar surface area (TPSA) is 79.5 Å². The van der Waals surface area contributed by atoms with Gasteiger partial charge in [0.05, 0.1) is 18.7 Å². The Hall–Kier alpha value is -3.19. The SMILES string of the molecule is COC(=O)C1=C(CNCc2ccc(F)cc2)NC(=O)NC1c1ccc(C)cc1C. The fraction of sp³-hybridized carbons (Fsp3) is 0.273. The van der Waals surface area contributed by atoms with E-state index < -0.39 is 12.0 Å². The van der Waals surface area contributed by atoms with Crippen molar-refractivity contribution in [2.24, 2.45) is 0 Å². The summed E-state index contributed by atoms with van der Waals surface area (Å²) in [6, 6.07) is 11.0. The van der Waals surface area contributed by atoms with Crippen molar-refractivity contribution in [1.82, 2.24) is 16.0 Å². The van der Waals surface area contributed by atoms with Crippen molar-refractivity contribution in [3.05, 3.63) is 81.8 Å². The summed E-state index contributed by atoms with van der Waals surface area (Å²) >= 11 is 0. The van der Waals surface area contributed by atoms with E-state index in [-0.39, 0.29) is 18.4 Å². The number of hydrogen-bond donors (Lipinski definition) is 3. The average molecular weight is 397 g/mol. The highest BCUT2D eigenvalue weighted by Gasteiger charge is 2.33. The highest BCUT2D eigenvalue weighted by molar-refractivity contribution is 5.95. The highest BCUT2D eigenvalue weighted by Crippen LogP contribution is 2.30. The van der Waals surface area contributed by atoms with Crippen LogP contribution in [0.15, 0.2) is 53.7 Å². The Kier molecular flexibility index (Phi) is 6.29.